The standard InChI is InChI=1S/C23H29N7O/c1-2-17-20(15-5-3-4-6-15)18-14-26-23(29-21(18)28-22(17)31)27-19-8-7-16(13-25-19)30-11-9-24-10-12-30/h7-8,13-15,24H,2-6,9-12H2,1H3,(H2,25,26,27,28,29,31). The molecular weight excluding hydrogens is 390 g/mol. The maximum Gasteiger partial charge on any atom is 0.253 e. The lowest BCUT2D eigenvalue weighted by Crippen LogP contribution is -2.43. The highest BCUT2D eigenvalue weighted by Gasteiger charge is 2.24. The summed E-state index contributed by atoms with van der Waals surface area (Å²) in [5, 5.41) is 7.51. The molecule has 0 unspecified atom stereocenters. The minimum atomic E-state index is -0.0277. The summed E-state index contributed by atoms with van der Waals surface area (Å²) in [6, 6.07) is 4.01. The molecule has 0 amide bonds. The zero-order chi connectivity index (χ0) is 21.2. The summed E-state index contributed by atoms with van der Waals surface area (Å²) in [5.74, 6) is 1.55. The molecule has 0 radical (unpaired) electrons. The SMILES string of the molecule is CCc1c(C2CCCC2)c2cnc(Nc3ccc(N4CCNCC4)cn3)nc2[nH]c1=O. The van der Waals surface area contributed by atoms with Crippen molar-refractivity contribution in [1.29, 1.82) is 0 Å². The molecule has 162 valence electrons. The van der Waals surface area contributed by atoms with Gasteiger partial charge in [0.25, 0.3) is 5.56 Å². The van der Waals surface area contributed by atoms with Crippen LogP contribution >= 0.6 is 0 Å². The van der Waals surface area contributed by atoms with Crippen LogP contribution in [0.2, 0.25) is 0 Å². The van der Waals surface area contributed by atoms with Crippen LogP contribution in [-0.2, 0) is 6.42 Å². The molecule has 1 saturated heterocycles. The van der Waals surface area contributed by atoms with Gasteiger partial charge in [-0.2, -0.15) is 4.98 Å². The molecule has 3 aromatic rings. The summed E-state index contributed by atoms with van der Waals surface area (Å²) in [6.45, 7) is 6.00. The number of aromatic amines is 1. The number of pyridine rings is 2. The van der Waals surface area contributed by atoms with Crippen LogP contribution in [0.5, 0.6) is 0 Å². The van der Waals surface area contributed by atoms with E-state index in [4.69, 9.17) is 0 Å². The minimum Gasteiger partial charge on any atom is -0.368 e. The predicted molar refractivity (Wildman–Crippen MR) is 123 cm³/mol. The van der Waals surface area contributed by atoms with Gasteiger partial charge in [-0.15, -0.1) is 0 Å². The Morgan fingerprint density at radius 1 is 1.13 bits per heavy atom. The second-order valence-electron chi connectivity index (χ2n) is 8.40. The van der Waals surface area contributed by atoms with Crippen molar-refractivity contribution in [3.63, 3.8) is 0 Å². The Morgan fingerprint density at radius 2 is 1.94 bits per heavy atom. The quantitative estimate of drug-likeness (QED) is 0.584. The fraction of sp³-hybridized carbons (Fsp3) is 0.478. The average molecular weight is 420 g/mol. The fourth-order valence-electron chi connectivity index (χ4n) is 4.92. The lowest BCUT2D eigenvalue weighted by atomic mass is 9.90. The van der Waals surface area contributed by atoms with E-state index in [0.29, 0.717) is 23.3 Å². The van der Waals surface area contributed by atoms with Crippen LogP contribution < -0.4 is 21.1 Å². The monoisotopic (exact) mass is 419 g/mol. The van der Waals surface area contributed by atoms with Gasteiger partial charge in [-0.1, -0.05) is 19.8 Å². The molecule has 0 aromatic carbocycles. The van der Waals surface area contributed by atoms with Gasteiger partial charge >= 0.3 is 0 Å². The molecule has 8 heteroatoms. The van der Waals surface area contributed by atoms with E-state index in [-0.39, 0.29) is 5.56 Å². The highest BCUT2D eigenvalue weighted by atomic mass is 16.1. The second kappa shape index (κ2) is 8.63. The smallest absolute Gasteiger partial charge is 0.253 e. The van der Waals surface area contributed by atoms with Crippen molar-refractivity contribution < 1.29 is 0 Å². The molecule has 2 fully saturated rings. The number of nitrogens with zero attached hydrogens (tertiary/aromatic N) is 4. The van der Waals surface area contributed by atoms with Crippen LogP contribution in [0, 0.1) is 0 Å². The molecule has 0 atom stereocenters. The van der Waals surface area contributed by atoms with Crippen LogP contribution in [0.25, 0.3) is 11.0 Å². The zero-order valence-electron chi connectivity index (χ0n) is 17.9. The van der Waals surface area contributed by atoms with E-state index in [1.807, 2.05) is 25.4 Å². The fourth-order valence-corrected chi connectivity index (χ4v) is 4.92. The Hall–Kier alpha value is -3.00. The summed E-state index contributed by atoms with van der Waals surface area (Å²) in [6.07, 6.45) is 9.16. The highest BCUT2D eigenvalue weighted by Crippen LogP contribution is 2.38. The highest BCUT2D eigenvalue weighted by molar-refractivity contribution is 5.81. The van der Waals surface area contributed by atoms with Crippen molar-refractivity contribution in [2.45, 2.75) is 44.9 Å². The molecule has 2 aliphatic rings. The van der Waals surface area contributed by atoms with E-state index in [1.54, 1.807) is 0 Å². The van der Waals surface area contributed by atoms with Gasteiger partial charge in [0.15, 0.2) is 0 Å². The van der Waals surface area contributed by atoms with Gasteiger partial charge in [0.1, 0.15) is 11.5 Å². The van der Waals surface area contributed by atoms with Gasteiger partial charge in [0.2, 0.25) is 5.95 Å². The van der Waals surface area contributed by atoms with Crippen LogP contribution in [0.15, 0.2) is 29.3 Å². The summed E-state index contributed by atoms with van der Waals surface area (Å²) < 4.78 is 0. The van der Waals surface area contributed by atoms with Crippen molar-refractivity contribution in [1.82, 2.24) is 25.3 Å². The topological polar surface area (TPSA) is 98.8 Å². The molecule has 3 N–H and O–H groups in total. The van der Waals surface area contributed by atoms with Gasteiger partial charge in [0, 0.05) is 43.3 Å². The largest absolute Gasteiger partial charge is 0.368 e. The Balaban J connectivity index is 1.43. The van der Waals surface area contributed by atoms with Crippen molar-refractivity contribution in [2.75, 3.05) is 36.4 Å². The van der Waals surface area contributed by atoms with Crippen LogP contribution in [0.4, 0.5) is 17.5 Å². The van der Waals surface area contributed by atoms with Gasteiger partial charge in [-0.05, 0) is 42.9 Å². The molecule has 3 aromatic heterocycles. The number of hydrogen-bond donors (Lipinski definition) is 3. The third-order valence-corrected chi connectivity index (χ3v) is 6.50. The van der Waals surface area contributed by atoms with Gasteiger partial charge < -0.3 is 20.5 Å². The maximum absolute atomic E-state index is 12.7. The van der Waals surface area contributed by atoms with Gasteiger partial charge in [0.05, 0.1) is 11.9 Å². The third kappa shape index (κ3) is 3.99. The van der Waals surface area contributed by atoms with E-state index < -0.39 is 0 Å². The number of H-pyrrole nitrogens is 1. The zero-order valence-corrected chi connectivity index (χ0v) is 17.9. The number of aromatic nitrogens is 4. The Bertz CT molecular complexity index is 1110. The van der Waals surface area contributed by atoms with E-state index in [1.165, 1.54) is 12.8 Å². The average Bonchev–Trinajstić information content (AvgIpc) is 3.34. The normalized spacial score (nSPS) is 17.4. The summed E-state index contributed by atoms with van der Waals surface area (Å²) in [4.78, 5) is 31.7. The first-order valence-corrected chi connectivity index (χ1v) is 11.3. The number of nitrogens with one attached hydrogen (secondary N) is 3. The third-order valence-electron chi connectivity index (χ3n) is 6.50. The lowest BCUT2D eigenvalue weighted by Gasteiger charge is -2.29. The Labute approximate surface area is 181 Å². The first-order chi connectivity index (χ1) is 15.2. The van der Waals surface area contributed by atoms with E-state index in [2.05, 4.69) is 41.5 Å². The molecule has 1 aliphatic carbocycles. The number of piperazine rings is 1. The van der Waals surface area contributed by atoms with E-state index >= 15 is 0 Å². The summed E-state index contributed by atoms with van der Waals surface area (Å²) in [5.41, 5.74) is 3.72. The van der Waals surface area contributed by atoms with Crippen LogP contribution in [0.1, 0.15) is 49.7 Å². The summed E-state index contributed by atoms with van der Waals surface area (Å²) in [7, 11) is 0. The number of rotatable bonds is 5. The molecule has 5 rings (SSSR count). The number of anilines is 3. The van der Waals surface area contributed by atoms with Crippen LogP contribution in [0.3, 0.4) is 0 Å². The molecule has 4 heterocycles. The Morgan fingerprint density at radius 3 is 2.65 bits per heavy atom. The van der Waals surface area contributed by atoms with Crippen molar-refractivity contribution in [3.05, 3.63) is 46.0 Å². The molecule has 1 saturated carbocycles. The lowest BCUT2D eigenvalue weighted by molar-refractivity contribution is 0.589. The van der Waals surface area contributed by atoms with Gasteiger partial charge in [-0.3, -0.25) is 4.79 Å². The van der Waals surface area contributed by atoms with Gasteiger partial charge in [-0.25, -0.2) is 9.97 Å². The minimum absolute atomic E-state index is 0.0277. The van der Waals surface area contributed by atoms with Crippen molar-refractivity contribution >= 4 is 28.5 Å². The number of hydrogen-bond acceptors (Lipinski definition) is 7. The molecule has 0 spiro atoms. The molecule has 1 aliphatic heterocycles. The Kier molecular flexibility index (Phi) is 5.55. The maximum atomic E-state index is 12.7. The van der Waals surface area contributed by atoms with Crippen LogP contribution in [-0.4, -0.2) is 46.1 Å². The number of fused-ring (bicyclic) bond motifs is 1. The molecule has 31 heavy (non-hydrogen) atoms. The van der Waals surface area contributed by atoms with Crippen molar-refractivity contribution in [2.24, 2.45) is 0 Å². The second-order valence-corrected chi connectivity index (χ2v) is 8.40. The van der Waals surface area contributed by atoms with E-state index in [9.17, 15) is 4.79 Å². The first-order valence-electron chi connectivity index (χ1n) is 11.3. The summed E-state index contributed by atoms with van der Waals surface area (Å²) >= 11 is 0. The van der Waals surface area contributed by atoms with Crippen molar-refractivity contribution in [3.8, 4) is 0 Å². The first kappa shape index (κ1) is 19.9. The molecule has 0 bridgehead atoms. The molecular formula is C23H29N7O. The molecule has 8 nitrogen and oxygen atoms in total. The predicted octanol–water partition coefficient (Wildman–Crippen LogP) is 3.09. The van der Waals surface area contributed by atoms with E-state index in [0.717, 1.165) is 67.6 Å².